The van der Waals surface area contributed by atoms with Gasteiger partial charge in [0.05, 0.1) is 18.6 Å². The van der Waals surface area contributed by atoms with E-state index >= 15 is 0 Å². The lowest BCUT2D eigenvalue weighted by Gasteiger charge is -2.24. The molecule has 12 nitrogen and oxygen atoms in total. The predicted molar refractivity (Wildman–Crippen MR) is 114 cm³/mol. The molecule has 5 heterocycles. The van der Waals surface area contributed by atoms with Crippen LogP contribution < -0.4 is 10.6 Å². The molecule has 0 spiro atoms. The Balaban J connectivity index is 1.52. The van der Waals surface area contributed by atoms with Crippen LogP contribution in [0.3, 0.4) is 0 Å². The Labute approximate surface area is 189 Å². The van der Waals surface area contributed by atoms with Crippen molar-refractivity contribution in [3.05, 3.63) is 29.7 Å². The van der Waals surface area contributed by atoms with Gasteiger partial charge in [-0.25, -0.2) is 15.0 Å². The number of anilines is 1. The number of terminal acetylenes is 1. The summed E-state index contributed by atoms with van der Waals surface area (Å²) >= 11 is 0. The summed E-state index contributed by atoms with van der Waals surface area (Å²) in [7, 11) is 1.54. The van der Waals surface area contributed by atoms with Crippen LogP contribution >= 0.6 is 0 Å². The molecule has 2 fully saturated rings. The average Bonchev–Trinajstić information content (AvgIpc) is 3.54. The number of ether oxygens (including phenoxy) is 3. The Bertz CT molecular complexity index is 1260. The highest BCUT2D eigenvalue weighted by atomic mass is 16.8. The highest BCUT2D eigenvalue weighted by Gasteiger charge is 2.58. The van der Waals surface area contributed by atoms with Crippen LogP contribution in [0.4, 0.5) is 5.82 Å². The Morgan fingerprint density at radius 3 is 2.79 bits per heavy atom. The van der Waals surface area contributed by atoms with Gasteiger partial charge >= 0.3 is 0 Å². The number of fused-ring (bicyclic) bond motifs is 2. The van der Waals surface area contributed by atoms with Crippen molar-refractivity contribution in [3.63, 3.8) is 0 Å². The smallest absolute Gasteiger partial charge is 0.251 e. The second kappa shape index (κ2) is 7.80. The minimum absolute atomic E-state index is 0.168. The molecule has 172 valence electrons. The number of nitrogens with zero attached hydrogens (tertiary/aromatic N) is 5. The summed E-state index contributed by atoms with van der Waals surface area (Å²) < 4.78 is 25.1. The Kier molecular flexibility index (Phi) is 5.04. The molecular weight excluding hydrogens is 430 g/mol. The van der Waals surface area contributed by atoms with E-state index in [-0.39, 0.29) is 11.7 Å². The number of imidazole rings is 1. The fourth-order valence-electron chi connectivity index (χ4n) is 4.12. The van der Waals surface area contributed by atoms with Gasteiger partial charge < -0.3 is 29.4 Å². The third-order valence-electron chi connectivity index (χ3n) is 5.47. The fourth-order valence-corrected chi connectivity index (χ4v) is 4.12. The second-order valence-electron chi connectivity index (χ2n) is 8.28. The van der Waals surface area contributed by atoms with Crippen molar-refractivity contribution in [2.75, 3.05) is 12.4 Å². The van der Waals surface area contributed by atoms with Gasteiger partial charge in [0.25, 0.3) is 5.91 Å². The SMILES string of the molecule is C#Cc1nc(NCc2cc(C)no2)c2ncn([C@@H]3O[C@H](C(=O)NC)[C@H]4OC(C)(C)O[C@H]43)c2n1. The molecule has 1 amide bonds. The standard InChI is InChI=1S/C21H23N7O5/c1-6-12-25-17(23-8-11-7-10(2)27-33-11)13-18(26-12)28(9-24-13)20-16-14(31-21(3,4)32-16)15(30-20)19(29)22-5/h1,7,9,14-16,20H,8H2,2-5H3,(H,22,29)(H,23,25,26)/t14-,15+,16-,20-/m1/s1. The zero-order valence-electron chi connectivity index (χ0n) is 18.5. The van der Waals surface area contributed by atoms with Crippen LogP contribution in [0.5, 0.6) is 0 Å². The molecule has 2 aliphatic rings. The first-order chi connectivity index (χ1) is 15.8. The first kappa shape index (κ1) is 21.3. The molecule has 3 aromatic rings. The number of aryl methyl sites for hydroxylation is 1. The lowest BCUT2D eigenvalue weighted by Crippen LogP contribution is -2.41. The van der Waals surface area contributed by atoms with Gasteiger partial charge in [-0.3, -0.25) is 9.36 Å². The molecule has 0 radical (unpaired) electrons. The molecule has 12 heteroatoms. The van der Waals surface area contributed by atoms with Gasteiger partial charge in [-0.05, 0) is 26.7 Å². The summed E-state index contributed by atoms with van der Waals surface area (Å²) in [5.74, 6) is 2.52. The van der Waals surface area contributed by atoms with Gasteiger partial charge in [-0.15, -0.1) is 6.42 Å². The normalized spacial score (nSPS) is 25.7. The molecule has 5 rings (SSSR count). The molecule has 2 N–H and O–H groups in total. The molecule has 3 aromatic heterocycles. The minimum atomic E-state index is -0.874. The molecular formula is C21H23N7O5. The predicted octanol–water partition coefficient (Wildman–Crippen LogP) is 0.880. The van der Waals surface area contributed by atoms with Crippen LogP contribution in [-0.4, -0.2) is 61.7 Å². The maximum absolute atomic E-state index is 12.4. The van der Waals surface area contributed by atoms with Gasteiger partial charge in [0, 0.05) is 13.1 Å². The van der Waals surface area contributed by atoms with Gasteiger partial charge in [-0.2, -0.15) is 0 Å². The number of hydrogen-bond donors (Lipinski definition) is 2. The zero-order chi connectivity index (χ0) is 23.3. The van der Waals surface area contributed by atoms with E-state index < -0.39 is 30.3 Å². The summed E-state index contributed by atoms with van der Waals surface area (Å²) in [6, 6.07) is 1.82. The van der Waals surface area contributed by atoms with Crippen LogP contribution in [0.1, 0.15) is 37.4 Å². The first-order valence-corrected chi connectivity index (χ1v) is 10.4. The van der Waals surface area contributed by atoms with Crippen molar-refractivity contribution in [2.45, 2.75) is 57.6 Å². The molecule has 33 heavy (non-hydrogen) atoms. The Morgan fingerprint density at radius 1 is 1.30 bits per heavy atom. The van der Waals surface area contributed by atoms with E-state index in [4.69, 9.17) is 25.2 Å². The molecule has 4 atom stereocenters. The van der Waals surface area contributed by atoms with Crippen molar-refractivity contribution in [1.82, 2.24) is 30.0 Å². The molecule has 0 bridgehead atoms. The van der Waals surface area contributed by atoms with Crippen LogP contribution in [0.2, 0.25) is 0 Å². The van der Waals surface area contributed by atoms with Gasteiger partial charge in [-0.1, -0.05) is 5.16 Å². The zero-order valence-corrected chi connectivity index (χ0v) is 18.5. The summed E-state index contributed by atoms with van der Waals surface area (Å²) in [5, 5.41) is 9.66. The van der Waals surface area contributed by atoms with Crippen molar-refractivity contribution < 1.29 is 23.5 Å². The molecule has 0 aromatic carbocycles. The second-order valence-corrected chi connectivity index (χ2v) is 8.28. The lowest BCUT2D eigenvalue weighted by atomic mass is 10.1. The Morgan fingerprint density at radius 2 is 2.09 bits per heavy atom. The lowest BCUT2D eigenvalue weighted by molar-refractivity contribution is -0.197. The van der Waals surface area contributed by atoms with Crippen molar-refractivity contribution in [1.29, 1.82) is 0 Å². The largest absolute Gasteiger partial charge is 0.361 e. The molecule has 2 saturated heterocycles. The minimum Gasteiger partial charge on any atom is -0.361 e. The van der Waals surface area contributed by atoms with Crippen LogP contribution in [0.15, 0.2) is 16.9 Å². The number of amides is 1. The van der Waals surface area contributed by atoms with E-state index in [2.05, 4.69) is 36.7 Å². The first-order valence-electron chi connectivity index (χ1n) is 10.4. The Hall–Kier alpha value is -3.53. The highest BCUT2D eigenvalue weighted by molar-refractivity contribution is 5.84. The van der Waals surface area contributed by atoms with E-state index in [0.717, 1.165) is 5.69 Å². The third kappa shape index (κ3) is 3.70. The summed E-state index contributed by atoms with van der Waals surface area (Å²) in [5.41, 5.74) is 1.68. The molecule has 0 aliphatic carbocycles. The monoisotopic (exact) mass is 453 g/mol. The van der Waals surface area contributed by atoms with Crippen LogP contribution in [-0.2, 0) is 25.5 Å². The number of hydrogen-bond acceptors (Lipinski definition) is 10. The van der Waals surface area contributed by atoms with E-state index in [1.165, 1.54) is 0 Å². The fraction of sp³-hybridized carbons (Fsp3) is 0.476. The quantitative estimate of drug-likeness (QED) is 0.535. The van der Waals surface area contributed by atoms with Crippen molar-refractivity contribution >= 4 is 22.9 Å². The third-order valence-corrected chi connectivity index (χ3v) is 5.47. The number of likely N-dealkylation sites (N-methyl/N-ethyl adjacent to an activating group) is 1. The highest BCUT2D eigenvalue weighted by Crippen LogP contribution is 2.44. The topological polar surface area (TPSA) is 138 Å². The van der Waals surface area contributed by atoms with E-state index in [9.17, 15) is 4.79 Å². The number of carbonyl (C=O) groups is 1. The van der Waals surface area contributed by atoms with E-state index in [0.29, 0.717) is 29.3 Å². The van der Waals surface area contributed by atoms with Gasteiger partial charge in [0.15, 0.2) is 40.9 Å². The number of aromatic nitrogens is 5. The molecule has 0 saturated carbocycles. The maximum atomic E-state index is 12.4. The number of rotatable bonds is 5. The van der Waals surface area contributed by atoms with E-state index in [1.807, 2.05) is 13.0 Å². The van der Waals surface area contributed by atoms with Crippen LogP contribution in [0, 0.1) is 19.3 Å². The maximum Gasteiger partial charge on any atom is 0.251 e. The molecule has 2 aliphatic heterocycles. The van der Waals surface area contributed by atoms with E-state index in [1.54, 1.807) is 31.8 Å². The van der Waals surface area contributed by atoms with Gasteiger partial charge in [0.1, 0.15) is 12.2 Å². The molecule has 0 unspecified atom stereocenters. The van der Waals surface area contributed by atoms with Crippen molar-refractivity contribution in [3.8, 4) is 12.3 Å². The summed E-state index contributed by atoms with van der Waals surface area (Å²) in [4.78, 5) is 25.8. The van der Waals surface area contributed by atoms with Crippen molar-refractivity contribution in [2.24, 2.45) is 0 Å². The summed E-state index contributed by atoms with van der Waals surface area (Å²) in [6.07, 6.45) is 4.44. The average molecular weight is 453 g/mol. The van der Waals surface area contributed by atoms with Gasteiger partial charge in [0.2, 0.25) is 5.82 Å². The number of nitrogens with one attached hydrogen (secondary N) is 2. The summed E-state index contributed by atoms with van der Waals surface area (Å²) in [6.45, 7) is 5.76. The van der Waals surface area contributed by atoms with Crippen LogP contribution in [0.25, 0.3) is 11.2 Å². The number of carbonyl (C=O) groups excluding carboxylic acids is 1.